The van der Waals surface area contributed by atoms with Crippen LogP contribution < -0.4 is 0 Å². The number of carbonyl (C=O) groups is 4. The fraction of sp³-hybridized carbons (Fsp3) is 0.600. The Morgan fingerprint density at radius 1 is 0.833 bits per heavy atom. The molecule has 0 radical (unpaired) electrons. The molecule has 8 nitrogen and oxygen atoms in total. The van der Waals surface area contributed by atoms with Crippen LogP contribution >= 0.6 is 0 Å². The molecule has 102 valence electrons. The highest BCUT2D eigenvalue weighted by Gasteiger charge is 2.15. The zero-order chi connectivity index (χ0) is 14.1. The van der Waals surface area contributed by atoms with Gasteiger partial charge >= 0.3 is 23.9 Å². The van der Waals surface area contributed by atoms with Gasteiger partial charge in [0.25, 0.3) is 0 Å². The minimum atomic E-state index is -1.17. The average Bonchev–Trinajstić information content (AvgIpc) is 2.23. The number of hydrogen-bond acceptors (Lipinski definition) is 6. The van der Waals surface area contributed by atoms with Crippen LogP contribution in [0.25, 0.3) is 0 Å². The SMILES string of the molecule is CC(OC(=O)CCC(=O)O)OC(=O)CCC(=O)O. The van der Waals surface area contributed by atoms with Gasteiger partial charge in [0.1, 0.15) is 0 Å². The van der Waals surface area contributed by atoms with Crippen LogP contribution in [0, 0.1) is 0 Å². The molecular formula is C10H14O8. The predicted octanol–water partition coefficient (Wildman–Crippen LogP) is 0.148. The number of hydrogen-bond donors (Lipinski definition) is 2. The van der Waals surface area contributed by atoms with Crippen LogP contribution in [0.15, 0.2) is 0 Å². The largest absolute Gasteiger partial charge is 0.481 e. The van der Waals surface area contributed by atoms with Crippen LogP contribution in [0.2, 0.25) is 0 Å². The summed E-state index contributed by atoms with van der Waals surface area (Å²) in [5.41, 5.74) is 0. The first-order valence-electron chi connectivity index (χ1n) is 5.13. The van der Waals surface area contributed by atoms with Gasteiger partial charge in [0.05, 0.1) is 25.7 Å². The Labute approximate surface area is 102 Å². The smallest absolute Gasteiger partial charge is 0.309 e. The molecule has 0 amide bonds. The first-order valence-corrected chi connectivity index (χ1v) is 5.13. The van der Waals surface area contributed by atoms with Crippen LogP contribution in [0.3, 0.4) is 0 Å². The van der Waals surface area contributed by atoms with Crippen molar-refractivity contribution in [3.63, 3.8) is 0 Å². The summed E-state index contributed by atoms with van der Waals surface area (Å²) >= 11 is 0. The van der Waals surface area contributed by atoms with Gasteiger partial charge in [-0.1, -0.05) is 0 Å². The van der Waals surface area contributed by atoms with Crippen molar-refractivity contribution >= 4 is 23.9 Å². The van der Waals surface area contributed by atoms with Crippen molar-refractivity contribution in [2.24, 2.45) is 0 Å². The van der Waals surface area contributed by atoms with Crippen molar-refractivity contribution in [1.82, 2.24) is 0 Å². The van der Waals surface area contributed by atoms with E-state index in [1.165, 1.54) is 6.92 Å². The van der Waals surface area contributed by atoms with E-state index in [2.05, 4.69) is 9.47 Å². The maximum Gasteiger partial charge on any atom is 0.309 e. The first kappa shape index (κ1) is 15.9. The number of carboxylic acids is 2. The van der Waals surface area contributed by atoms with Crippen molar-refractivity contribution < 1.29 is 38.9 Å². The van der Waals surface area contributed by atoms with Gasteiger partial charge in [0.15, 0.2) is 0 Å². The Bertz CT molecular complexity index is 303. The van der Waals surface area contributed by atoms with Gasteiger partial charge in [-0.3, -0.25) is 19.2 Å². The predicted molar refractivity (Wildman–Crippen MR) is 55.4 cm³/mol. The summed E-state index contributed by atoms with van der Waals surface area (Å²) in [5.74, 6) is -3.90. The molecule has 0 aliphatic rings. The summed E-state index contributed by atoms with van der Waals surface area (Å²) in [6.45, 7) is 1.28. The lowest BCUT2D eigenvalue weighted by atomic mass is 10.3. The van der Waals surface area contributed by atoms with Gasteiger partial charge in [-0.05, 0) is 0 Å². The molecule has 0 aliphatic carbocycles. The second kappa shape index (κ2) is 8.04. The summed E-state index contributed by atoms with van der Waals surface area (Å²) in [5, 5.41) is 16.6. The third-order valence-corrected chi connectivity index (χ3v) is 1.68. The van der Waals surface area contributed by atoms with E-state index in [4.69, 9.17) is 10.2 Å². The summed E-state index contributed by atoms with van der Waals surface area (Å²) in [6.07, 6.45) is -2.58. The quantitative estimate of drug-likeness (QED) is 0.467. The standard InChI is InChI=1S/C10H14O8/c1-6(17-9(15)4-2-7(11)12)18-10(16)5-3-8(13)14/h6H,2-5H2,1H3,(H,11,12)(H,13,14). The average molecular weight is 262 g/mol. The molecule has 0 aromatic carbocycles. The monoisotopic (exact) mass is 262 g/mol. The van der Waals surface area contributed by atoms with E-state index < -0.39 is 30.2 Å². The van der Waals surface area contributed by atoms with Gasteiger partial charge in [-0.15, -0.1) is 0 Å². The molecular weight excluding hydrogens is 248 g/mol. The van der Waals surface area contributed by atoms with Crippen molar-refractivity contribution in [1.29, 1.82) is 0 Å². The Morgan fingerprint density at radius 3 is 1.44 bits per heavy atom. The number of aliphatic carboxylic acids is 2. The second-order valence-corrected chi connectivity index (χ2v) is 3.33. The van der Waals surface area contributed by atoms with E-state index in [1.54, 1.807) is 0 Å². The zero-order valence-corrected chi connectivity index (χ0v) is 9.75. The Balaban J connectivity index is 3.84. The maximum absolute atomic E-state index is 11.0. The molecule has 2 N–H and O–H groups in total. The van der Waals surface area contributed by atoms with Crippen LogP contribution in [0.5, 0.6) is 0 Å². The molecule has 0 saturated heterocycles. The Morgan fingerprint density at radius 2 is 1.17 bits per heavy atom. The normalized spacial score (nSPS) is 9.89. The molecule has 18 heavy (non-hydrogen) atoms. The lowest BCUT2D eigenvalue weighted by Gasteiger charge is -2.13. The van der Waals surface area contributed by atoms with Crippen LogP contribution in [-0.4, -0.2) is 40.4 Å². The molecule has 0 spiro atoms. The van der Waals surface area contributed by atoms with Crippen LogP contribution in [0.1, 0.15) is 32.6 Å². The van der Waals surface area contributed by atoms with Gasteiger partial charge in [0.2, 0.25) is 6.29 Å². The summed E-state index contributed by atoms with van der Waals surface area (Å²) in [4.78, 5) is 42.4. The third-order valence-electron chi connectivity index (χ3n) is 1.68. The minimum absolute atomic E-state index is 0.327. The Kier molecular flexibility index (Phi) is 7.10. The minimum Gasteiger partial charge on any atom is -0.481 e. The molecule has 0 rings (SSSR count). The van der Waals surface area contributed by atoms with Gasteiger partial charge in [0, 0.05) is 6.92 Å². The molecule has 0 atom stereocenters. The van der Waals surface area contributed by atoms with E-state index in [0.29, 0.717) is 0 Å². The van der Waals surface area contributed by atoms with Crippen molar-refractivity contribution in [2.45, 2.75) is 38.9 Å². The summed E-state index contributed by atoms with van der Waals surface area (Å²) in [7, 11) is 0. The lowest BCUT2D eigenvalue weighted by molar-refractivity contribution is -0.185. The Hall–Kier alpha value is -2.12. The fourth-order valence-corrected chi connectivity index (χ4v) is 0.930. The summed E-state index contributed by atoms with van der Waals surface area (Å²) in [6, 6.07) is 0. The van der Waals surface area contributed by atoms with E-state index in [1.807, 2.05) is 0 Å². The van der Waals surface area contributed by atoms with Crippen molar-refractivity contribution in [3.8, 4) is 0 Å². The van der Waals surface area contributed by atoms with E-state index in [9.17, 15) is 19.2 Å². The highest BCUT2D eigenvalue weighted by molar-refractivity contribution is 5.77. The topological polar surface area (TPSA) is 127 Å². The molecule has 0 aromatic rings. The van der Waals surface area contributed by atoms with Crippen molar-refractivity contribution in [2.75, 3.05) is 0 Å². The second-order valence-electron chi connectivity index (χ2n) is 3.33. The third kappa shape index (κ3) is 9.13. The highest BCUT2D eigenvalue weighted by atomic mass is 16.7. The highest BCUT2D eigenvalue weighted by Crippen LogP contribution is 2.02. The number of carbonyl (C=O) groups excluding carboxylic acids is 2. The molecule has 0 bridgehead atoms. The molecule has 0 aliphatic heterocycles. The van der Waals surface area contributed by atoms with E-state index in [-0.39, 0.29) is 25.7 Å². The van der Waals surface area contributed by atoms with Gasteiger partial charge in [-0.25, -0.2) is 0 Å². The first-order chi connectivity index (χ1) is 8.31. The fourth-order valence-electron chi connectivity index (χ4n) is 0.930. The zero-order valence-electron chi connectivity index (χ0n) is 9.75. The van der Waals surface area contributed by atoms with Crippen molar-refractivity contribution in [3.05, 3.63) is 0 Å². The van der Waals surface area contributed by atoms with Gasteiger partial charge < -0.3 is 19.7 Å². The molecule has 0 unspecified atom stereocenters. The van der Waals surface area contributed by atoms with E-state index >= 15 is 0 Å². The molecule has 0 heterocycles. The number of carboxylic acid groups (broad SMARTS) is 2. The molecule has 0 fully saturated rings. The summed E-state index contributed by atoms with van der Waals surface area (Å²) < 4.78 is 9.17. The van der Waals surface area contributed by atoms with Crippen LogP contribution in [-0.2, 0) is 28.7 Å². The van der Waals surface area contributed by atoms with E-state index in [0.717, 1.165) is 0 Å². The van der Waals surface area contributed by atoms with Gasteiger partial charge in [-0.2, -0.15) is 0 Å². The number of esters is 2. The maximum atomic E-state index is 11.0. The number of rotatable bonds is 8. The van der Waals surface area contributed by atoms with Crippen LogP contribution in [0.4, 0.5) is 0 Å². The number of ether oxygens (including phenoxy) is 2. The molecule has 8 heteroatoms. The lowest BCUT2D eigenvalue weighted by Crippen LogP contribution is -2.22. The molecule has 0 aromatic heterocycles. The molecule has 0 saturated carbocycles.